The van der Waals surface area contributed by atoms with Gasteiger partial charge in [0, 0.05) is 38.9 Å². The van der Waals surface area contributed by atoms with Gasteiger partial charge in [-0.2, -0.15) is 13.2 Å². The normalized spacial score (nSPS) is 17.7. The Labute approximate surface area is 110 Å². The molecule has 7 heteroatoms. The zero-order valence-electron chi connectivity index (χ0n) is 10.5. The Bertz CT molecular complexity index is 414. The van der Waals surface area contributed by atoms with Crippen molar-refractivity contribution in [3.63, 3.8) is 0 Å². The van der Waals surface area contributed by atoms with Crippen LogP contribution in [0.1, 0.15) is 6.42 Å². The maximum atomic E-state index is 12.1. The van der Waals surface area contributed by atoms with Crippen LogP contribution in [0.3, 0.4) is 0 Å². The van der Waals surface area contributed by atoms with Gasteiger partial charge in [0.15, 0.2) is 5.82 Å². The van der Waals surface area contributed by atoms with Crippen LogP contribution in [0.25, 0.3) is 0 Å². The smallest absolute Gasteiger partial charge is 0.390 e. The number of pyridine rings is 1. The fraction of sp³-hybridized carbons (Fsp3) is 0.583. The molecule has 2 N–H and O–H groups in total. The minimum Gasteiger partial charge on any atom is -0.396 e. The van der Waals surface area contributed by atoms with Gasteiger partial charge in [0.1, 0.15) is 0 Å². The van der Waals surface area contributed by atoms with Crippen molar-refractivity contribution in [2.24, 2.45) is 0 Å². The van der Waals surface area contributed by atoms with Crippen molar-refractivity contribution in [1.29, 1.82) is 0 Å². The quantitative estimate of drug-likeness (QED) is 0.912. The summed E-state index contributed by atoms with van der Waals surface area (Å²) in [6, 6.07) is 3.54. The highest BCUT2D eigenvalue weighted by atomic mass is 19.4. The van der Waals surface area contributed by atoms with Crippen molar-refractivity contribution in [2.75, 3.05) is 43.4 Å². The van der Waals surface area contributed by atoms with Crippen molar-refractivity contribution in [2.45, 2.75) is 12.6 Å². The Balaban J connectivity index is 1.84. The number of rotatable bonds is 3. The zero-order chi connectivity index (χ0) is 13.9. The predicted molar refractivity (Wildman–Crippen MR) is 68.0 cm³/mol. The number of hydrogen-bond donors (Lipinski definition) is 1. The summed E-state index contributed by atoms with van der Waals surface area (Å²) in [5.74, 6) is 0.720. The summed E-state index contributed by atoms with van der Waals surface area (Å²) in [5, 5.41) is 0. The van der Waals surface area contributed by atoms with Crippen LogP contribution in [0, 0.1) is 0 Å². The second-order valence-electron chi connectivity index (χ2n) is 4.61. The number of anilines is 2. The molecule has 1 saturated heterocycles. The molecule has 4 nitrogen and oxygen atoms in total. The van der Waals surface area contributed by atoms with Crippen LogP contribution < -0.4 is 10.6 Å². The standard InChI is InChI=1S/C12H17F3N4/c13-12(14,15)3-5-18-6-8-19(9-7-18)11-10(16)2-1-4-17-11/h1-2,4H,3,5-9,16H2. The van der Waals surface area contributed by atoms with E-state index in [9.17, 15) is 13.2 Å². The zero-order valence-corrected chi connectivity index (χ0v) is 10.5. The highest BCUT2D eigenvalue weighted by Gasteiger charge is 2.29. The van der Waals surface area contributed by atoms with E-state index < -0.39 is 12.6 Å². The van der Waals surface area contributed by atoms with E-state index in [-0.39, 0.29) is 6.54 Å². The Morgan fingerprint density at radius 1 is 1.21 bits per heavy atom. The van der Waals surface area contributed by atoms with E-state index in [0.29, 0.717) is 31.9 Å². The fourth-order valence-electron chi connectivity index (χ4n) is 2.14. The molecule has 0 aliphatic carbocycles. The molecule has 2 rings (SSSR count). The summed E-state index contributed by atoms with van der Waals surface area (Å²) in [4.78, 5) is 8.05. The molecular formula is C12H17F3N4. The number of nitrogens with zero attached hydrogens (tertiary/aromatic N) is 3. The summed E-state index contributed by atoms with van der Waals surface area (Å²) >= 11 is 0. The van der Waals surface area contributed by atoms with Crippen LogP contribution in [0.15, 0.2) is 18.3 Å². The number of halogens is 3. The summed E-state index contributed by atoms with van der Waals surface area (Å²) < 4.78 is 36.4. The van der Waals surface area contributed by atoms with Crippen molar-refractivity contribution in [1.82, 2.24) is 9.88 Å². The molecule has 0 aromatic carbocycles. The minimum absolute atomic E-state index is 0.0645. The van der Waals surface area contributed by atoms with Gasteiger partial charge >= 0.3 is 6.18 Å². The third-order valence-corrected chi connectivity index (χ3v) is 3.20. The SMILES string of the molecule is Nc1cccnc1N1CCN(CCC(F)(F)F)CC1. The Morgan fingerprint density at radius 2 is 1.89 bits per heavy atom. The van der Waals surface area contributed by atoms with Gasteiger partial charge in [0.2, 0.25) is 0 Å². The molecule has 1 aromatic rings. The molecule has 0 saturated carbocycles. The molecule has 1 aliphatic rings. The van der Waals surface area contributed by atoms with E-state index >= 15 is 0 Å². The molecule has 1 aromatic heterocycles. The fourth-order valence-corrected chi connectivity index (χ4v) is 2.14. The highest BCUT2D eigenvalue weighted by molar-refractivity contribution is 5.62. The average molecular weight is 274 g/mol. The van der Waals surface area contributed by atoms with Gasteiger partial charge in [-0.15, -0.1) is 0 Å². The number of piperazine rings is 1. The van der Waals surface area contributed by atoms with Gasteiger partial charge in [-0.3, -0.25) is 4.90 Å². The largest absolute Gasteiger partial charge is 0.396 e. The van der Waals surface area contributed by atoms with Gasteiger partial charge < -0.3 is 10.6 Å². The lowest BCUT2D eigenvalue weighted by molar-refractivity contribution is -0.138. The number of aromatic nitrogens is 1. The minimum atomic E-state index is -4.08. The molecule has 0 unspecified atom stereocenters. The van der Waals surface area contributed by atoms with Crippen LogP contribution >= 0.6 is 0 Å². The highest BCUT2D eigenvalue weighted by Crippen LogP contribution is 2.22. The summed E-state index contributed by atoms with van der Waals surface area (Å²) in [6.07, 6.45) is -3.16. The number of alkyl halides is 3. The first-order valence-corrected chi connectivity index (χ1v) is 6.20. The van der Waals surface area contributed by atoms with Gasteiger partial charge in [0.25, 0.3) is 0 Å². The molecule has 0 spiro atoms. The second kappa shape index (κ2) is 5.64. The van der Waals surface area contributed by atoms with E-state index in [2.05, 4.69) is 4.98 Å². The first kappa shape index (κ1) is 13.9. The van der Waals surface area contributed by atoms with Crippen LogP contribution in [0.5, 0.6) is 0 Å². The van der Waals surface area contributed by atoms with Crippen LogP contribution in [-0.2, 0) is 0 Å². The lowest BCUT2D eigenvalue weighted by Gasteiger charge is -2.35. The summed E-state index contributed by atoms with van der Waals surface area (Å²) in [6.45, 7) is 2.57. The summed E-state index contributed by atoms with van der Waals surface area (Å²) in [7, 11) is 0. The molecule has 19 heavy (non-hydrogen) atoms. The molecule has 1 fully saturated rings. The van der Waals surface area contributed by atoms with E-state index in [1.165, 1.54) is 0 Å². The Hall–Kier alpha value is -1.50. The molecule has 2 heterocycles. The van der Waals surface area contributed by atoms with Crippen LogP contribution in [0.2, 0.25) is 0 Å². The van der Waals surface area contributed by atoms with Crippen LogP contribution in [-0.4, -0.2) is 48.8 Å². The topological polar surface area (TPSA) is 45.4 Å². The maximum Gasteiger partial charge on any atom is 0.390 e. The van der Waals surface area contributed by atoms with E-state index in [4.69, 9.17) is 5.73 Å². The van der Waals surface area contributed by atoms with Gasteiger partial charge in [-0.1, -0.05) is 0 Å². The second-order valence-corrected chi connectivity index (χ2v) is 4.61. The number of nitrogen functional groups attached to an aromatic ring is 1. The van der Waals surface area contributed by atoms with Crippen molar-refractivity contribution in [3.8, 4) is 0 Å². The van der Waals surface area contributed by atoms with Crippen molar-refractivity contribution >= 4 is 11.5 Å². The summed E-state index contributed by atoms with van der Waals surface area (Å²) in [5.41, 5.74) is 6.44. The molecular weight excluding hydrogens is 257 g/mol. The van der Waals surface area contributed by atoms with Crippen molar-refractivity contribution in [3.05, 3.63) is 18.3 Å². The average Bonchev–Trinajstić information content (AvgIpc) is 2.37. The molecule has 1 aliphatic heterocycles. The number of nitrogens with two attached hydrogens (primary N) is 1. The molecule has 0 atom stereocenters. The van der Waals surface area contributed by atoms with E-state index in [0.717, 1.165) is 5.82 Å². The van der Waals surface area contributed by atoms with Gasteiger partial charge in [-0.25, -0.2) is 4.98 Å². The third-order valence-electron chi connectivity index (χ3n) is 3.20. The lowest BCUT2D eigenvalue weighted by Crippen LogP contribution is -2.47. The Kier molecular flexibility index (Phi) is 4.14. The van der Waals surface area contributed by atoms with Gasteiger partial charge in [-0.05, 0) is 12.1 Å². The molecule has 0 amide bonds. The number of hydrogen-bond acceptors (Lipinski definition) is 4. The Morgan fingerprint density at radius 3 is 2.47 bits per heavy atom. The van der Waals surface area contributed by atoms with Crippen LogP contribution in [0.4, 0.5) is 24.7 Å². The maximum absolute atomic E-state index is 12.1. The van der Waals surface area contributed by atoms with Crippen molar-refractivity contribution < 1.29 is 13.2 Å². The van der Waals surface area contributed by atoms with E-state index in [1.807, 2.05) is 9.80 Å². The monoisotopic (exact) mass is 274 g/mol. The lowest BCUT2D eigenvalue weighted by atomic mass is 10.2. The molecule has 0 radical (unpaired) electrons. The molecule has 0 bridgehead atoms. The molecule has 106 valence electrons. The first-order chi connectivity index (χ1) is 8.96. The first-order valence-electron chi connectivity index (χ1n) is 6.20. The van der Waals surface area contributed by atoms with Gasteiger partial charge in [0.05, 0.1) is 12.1 Å². The third kappa shape index (κ3) is 3.99. The predicted octanol–water partition coefficient (Wildman–Crippen LogP) is 1.74. The van der Waals surface area contributed by atoms with E-state index in [1.54, 1.807) is 18.3 Å².